The van der Waals surface area contributed by atoms with Crippen molar-refractivity contribution >= 4 is 21.5 Å². The highest BCUT2D eigenvalue weighted by Crippen LogP contribution is 2.49. The Balaban J connectivity index is 2.12. The summed E-state index contributed by atoms with van der Waals surface area (Å²) in [5.41, 5.74) is -8.73. The van der Waals surface area contributed by atoms with Gasteiger partial charge in [-0.05, 0) is 22.9 Å². The second kappa shape index (κ2) is 9.14. The van der Waals surface area contributed by atoms with Gasteiger partial charge in [-0.25, -0.2) is 43.9 Å². The zero-order valence-corrected chi connectivity index (χ0v) is 19.0. The molecule has 0 saturated carbocycles. The molecule has 0 unspecified atom stereocenters. The molecule has 206 valence electrons. The average molecular weight is 578 g/mol. The first kappa shape index (κ1) is 27.3. The summed E-state index contributed by atoms with van der Waals surface area (Å²) in [4.78, 5) is 0. The van der Waals surface area contributed by atoms with Crippen molar-refractivity contribution in [3.05, 3.63) is 106 Å². The lowest BCUT2D eigenvalue weighted by atomic mass is 9.84. The lowest BCUT2D eigenvalue weighted by molar-refractivity contribution is -0.143. The molecule has 0 saturated heterocycles. The number of rotatable bonds is 2. The van der Waals surface area contributed by atoms with E-state index in [9.17, 15) is 39.5 Å². The van der Waals surface area contributed by atoms with Crippen molar-refractivity contribution in [3.8, 4) is 22.3 Å². The summed E-state index contributed by atoms with van der Waals surface area (Å²) in [5, 5.41) is -3.96. The van der Waals surface area contributed by atoms with E-state index in [0.29, 0.717) is 12.1 Å². The topological polar surface area (TPSA) is 0 Å². The van der Waals surface area contributed by atoms with Crippen LogP contribution in [-0.4, -0.2) is 0 Å². The number of hydrogen-bond donors (Lipinski definition) is 0. The van der Waals surface area contributed by atoms with Gasteiger partial charge in [0.1, 0.15) is 17.2 Å². The fourth-order valence-corrected chi connectivity index (χ4v) is 4.64. The molecule has 13 heteroatoms. The van der Waals surface area contributed by atoms with Crippen molar-refractivity contribution in [1.29, 1.82) is 0 Å². The van der Waals surface area contributed by atoms with Gasteiger partial charge in [0.2, 0.25) is 0 Å². The zero-order chi connectivity index (χ0) is 29.4. The van der Waals surface area contributed by atoms with Crippen molar-refractivity contribution in [2.45, 2.75) is 6.18 Å². The third kappa shape index (κ3) is 3.78. The summed E-state index contributed by atoms with van der Waals surface area (Å²) in [6.45, 7) is 0. The van der Waals surface area contributed by atoms with E-state index in [4.69, 9.17) is 0 Å². The van der Waals surface area contributed by atoms with Crippen LogP contribution in [0.2, 0.25) is 0 Å². The second-order valence-corrected chi connectivity index (χ2v) is 8.42. The summed E-state index contributed by atoms with van der Waals surface area (Å²) >= 11 is 0. The highest BCUT2D eigenvalue weighted by atomic mass is 19.4. The van der Waals surface area contributed by atoms with E-state index in [-0.39, 0.29) is 6.07 Å². The van der Waals surface area contributed by atoms with E-state index in [1.54, 1.807) is 0 Å². The van der Waals surface area contributed by atoms with Crippen LogP contribution in [-0.2, 0) is 6.18 Å². The second-order valence-electron chi connectivity index (χ2n) is 8.42. The molecule has 0 nitrogen and oxygen atoms in total. The predicted molar refractivity (Wildman–Crippen MR) is 117 cm³/mol. The van der Waals surface area contributed by atoms with Crippen LogP contribution in [0.15, 0.2) is 42.5 Å². The minimum Gasteiger partial charge on any atom is -0.206 e. The van der Waals surface area contributed by atoms with Gasteiger partial charge in [-0.3, -0.25) is 0 Å². The SMILES string of the molecule is Fc1cc(F)c(F)c(-c2c3ccccc3c(-c3c(F)c(F)c(C(F)(F)F)c(F)c3F)c3c(F)ccc(F)c23)c1F. The summed E-state index contributed by atoms with van der Waals surface area (Å²) < 4.78 is 188. The van der Waals surface area contributed by atoms with Crippen LogP contribution in [0.5, 0.6) is 0 Å². The van der Waals surface area contributed by atoms with Crippen LogP contribution in [0.25, 0.3) is 43.8 Å². The van der Waals surface area contributed by atoms with Crippen molar-refractivity contribution < 1.29 is 57.1 Å². The fourth-order valence-electron chi connectivity index (χ4n) is 4.64. The third-order valence-corrected chi connectivity index (χ3v) is 6.23. The maximum absolute atomic E-state index is 15.3. The Labute approximate surface area is 213 Å². The van der Waals surface area contributed by atoms with Gasteiger partial charge in [0.05, 0.1) is 11.1 Å². The molecule has 0 fully saturated rings. The monoisotopic (exact) mass is 578 g/mol. The lowest BCUT2D eigenvalue weighted by Gasteiger charge is -2.21. The maximum Gasteiger partial charge on any atom is 0.422 e. The maximum atomic E-state index is 15.3. The molecule has 0 heterocycles. The first-order chi connectivity index (χ1) is 18.7. The van der Waals surface area contributed by atoms with Gasteiger partial charge in [0, 0.05) is 28.0 Å². The van der Waals surface area contributed by atoms with Gasteiger partial charge in [0.25, 0.3) is 0 Å². The molecule has 0 bridgehead atoms. The molecule has 5 rings (SSSR count). The quantitative estimate of drug-likeness (QED) is 0.111. The number of halogens is 13. The fraction of sp³-hybridized carbons (Fsp3) is 0.0370. The van der Waals surface area contributed by atoms with E-state index < -0.39 is 114 Å². The predicted octanol–water partition coefficient (Wildman–Crippen LogP) is 9.74. The third-order valence-electron chi connectivity index (χ3n) is 6.23. The number of hydrogen-bond acceptors (Lipinski definition) is 0. The molecule has 0 radical (unpaired) electrons. The molecule has 0 aliphatic rings. The van der Waals surface area contributed by atoms with Crippen molar-refractivity contribution in [2.75, 3.05) is 0 Å². The molecular weight excluding hydrogens is 571 g/mol. The van der Waals surface area contributed by atoms with Gasteiger partial charge in [0.15, 0.2) is 46.5 Å². The van der Waals surface area contributed by atoms with Crippen LogP contribution < -0.4 is 0 Å². The first-order valence-electron chi connectivity index (χ1n) is 10.8. The van der Waals surface area contributed by atoms with Gasteiger partial charge in [-0.2, -0.15) is 13.2 Å². The van der Waals surface area contributed by atoms with E-state index in [1.165, 1.54) is 0 Å². The average Bonchev–Trinajstić information content (AvgIpc) is 2.88. The van der Waals surface area contributed by atoms with Crippen LogP contribution in [0.1, 0.15) is 5.56 Å². The van der Waals surface area contributed by atoms with Crippen molar-refractivity contribution in [1.82, 2.24) is 0 Å². The molecule has 0 amide bonds. The van der Waals surface area contributed by atoms with Crippen LogP contribution in [0.4, 0.5) is 57.1 Å². The molecule has 0 atom stereocenters. The van der Waals surface area contributed by atoms with Crippen molar-refractivity contribution in [3.63, 3.8) is 0 Å². The van der Waals surface area contributed by atoms with E-state index in [0.717, 1.165) is 24.3 Å². The number of fused-ring (bicyclic) bond motifs is 2. The number of benzene rings is 5. The van der Waals surface area contributed by atoms with Crippen molar-refractivity contribution in [2.24, 2.45) is 0 Å². The van der Waals surface area contributed by atoms with Gasteiger partial charge >= 0.3 is 6.18 Å². The summed E-state index contributed by atoms with van der Waals surface area (Å²) in [7, 11) is 0. The van der Waals surface area contributed by atoms with E-state index >= 15 is 17.6 Å². The molecule has 5 aromatic carbocycles. The lowest BCUT2D eigenvalue weighted by Crippen LogP contribution is -2.16. The Morgan fingerprint density at radius 3 is 1.15 bits per heavy atom. The van der Waals surface area contributed by atoms with Crippen LogP contribution in [0.3, 0.4) is 0 Å². The normalized spacial score (nSPS) is 12.1. The Bertz CT molecular complexity index is 1830. The molecule has 40 heavy (non-hydrogen) atoms. The highest BCUT2D eigenvalue weighted by molar-refractivity contribution is 6.21. The smallest absolute Gasteiger partial charge is 0.206 e. The molecular formula is C27H7F13. The molecule has 0 aliphatic heterocycles. The van der Waals surface area contributed by atoms with E-state index in [1.807, 2.05) is 0 Å². The summed E-state index contributed by atoms with van der Waals surface area (Å²) in [5.74, 6) is -22.4. The minimum absolute atomic E-state index is 0.178. The zero-order valence-electron chi connectivity index (χ0n) is 19.0. The summed E-state index contributed by atoms with van der Waals surface area (Å²) in [6.07, 6.45) is -5.92. The van der Waals surface area contributed by atoms with Crippen LogP contribution in [0, 0.1) is 58.2 Å². The Morgan fingerprint density at radius 1 is 0.400 bits per heavy atom. The molecule has 5 aromatic rings. The van der Waals surface area contributed by atoms with Gasteiger partial charge in [-0.1, -0.05) is 24.3 Å². The summed E-state index contributed by atoms with van der Waals surface area (Å²) in [6, 6.07) is 4.40. The highest BCUT2D eigenvalue weighted by Gasteiger charge is 2.43. The molecule has 0 aliphatic carbocycles. The number of alkyl halides is 3. The van der Waals surface area contributed by atoms with Crippen LogP contribution >= 0.6 is 0 Å². The first-order valence-corrected chi connectivity index (χ1v) is 10.8. The van der Waals surface area contributed by atoms with Gasteiger partial charge in [-0.15, -0.1) is 0 Å². The minimum atomic E-state index is -5.92. The van der Waals surface area contributed by atoms with E-state index in [2.05, 4.69) is 0 Å². The standard InChI is InChI=1S/C27H7F13/c28-10-5-6-11(29)17-15(19-23(34)25(36)20(27(38,39)40)26(37)24(19)35)9-4-2-1-3-8(9)14(16(10)17)18-21(32)12(30)7-13(31)22(18)33/h1-7H. The molecule has 0 spiro atoms. The Morgan fingerprint density at radius 2 is 0.775 bits per heavy atom. The molecule has 0 N–H and O–H groups in total. The molecule has 0 aromatic heterocycles. The Kier molecular flexibility index (Phi) is 6.23. The van der Waals surface area contributed by atoms with Gasteiger partial charge < -0.3 is 0 Å². The Hall–Kier alpha value is -4.29. The largest absolute Gasteiger partial charge is 0.422 e.